The van der Waals surface area contributed by atoms with Crippen LogP contribution in [0.1, 0.15) is 21.7 Å². The van der Waals surface area contributed by atoms with Gasteiger partial charge in [-0.1, -0.05) is 0 Å². The number of carbonyl (C=O) groups is 1. The van der Waals surface area contributed by atoms with Gasteiger partial charge in [-0.05, 0) is 41.8 Å². The molecular formula is C20H18ClF2N5O2. The fourth-order valence-corrected chi connectivity index (χ4v) is 3.71. The summed E-state index contributed by atoms with van der Waals surface area (Å²) in [6.07, 6.45) is 3.32. The van der Waals surface area contributed by atoms with Gasteiger partial charge in [0.15, 0.2) is 5.82 Å². The second kappa shape index (κ2) is 8.08. The van der Waals surface area contributed by atoms with Gasteiger partial charge in [-0.2, -0.15) is 0 Å². The number of ether oxygens (including phenoxy) is 1. The maximum absolute atomic E-state index is 13.6. The zero-order valence-corrected chi connectivity index (χ0v) is 17.0. The summed E-state index contributed by atoms with van der Waals surface area (Å²) in [5, 5.41) is 0.0833. The molecule has 1 amide bonds. The summed E-state index contributed by atoms with van der Waals surface area (Å²) in [4.78, 5) is 27.3. The van der Waals surface area contributed by atoms with Gasteiger partial charge in [0.2, 0.25) is 5.28 Å². The average Bonchev–Trinajstić information content (AvgIpc) is 3.10. The molecule has 0 bridgehead atoms. The third-order valence-electron chi connectivity index (χ3n) is 4.90. The molecule has 0 aliphatic carbocycles. The van der Waals surface area contributed by atoms with E-state index < -0.39 is 11.6 Å². The van der Waals surface area contributed by atoms with E-state index >= 15 is 0 Å². The Morgan fingerprint density at radius 3 is 2.67 bits per heavy atom. The van der Waals surface area contributed by atoms with E-state index in [4.69, 9.17) is 16.3 Å². The molecule has 0 fully saturated rings. The lowest BCUT2D eigenvalue weighted by Gasteiger charge is -2.35. The highest BCUT2D eigenvalue weighted by molar-refractivity contribution is 6.28. The van der Waals surface area contributed by atoms with E-state index in [1.165, 1.54) is 24.1 Å². The van der Waals surface area contributed by atoms with Gasteiger partial charge < -0.3 is 14.2 Å². The van der Waals surface area contributed by atoms with Crippen molar-refractivity contribution in [2.24, 2.45) is 0 Å². The molecule has 1 atom stereocenters. The highest BCUT2D eigenvalue weighted by Gasteiger charge is 2.35. The van der Waals surface area contributed by atoms with E-state index in [1.807, 2.05) is 6.92 Å². The first-order chi connectivity index (χ1) is 14.4. The molecule has 7 nitrogen and oxygen atoms in total. The summed E-state index contributed by atoms with van der Waals surface area (Å²) in [5.41, 5.74) is 2.14. The first-order valence-electron chi connectivity index (χ1n) is 9.17. The monoisotopic (exact) mass is 433 g/mol. The van der Waals surface area contributed by atoms with E-state index in [0.717, 1.165) is 11.6 Å². The van der Waals surface area contributed by atoms with Crippen LogP contribution in [0.3, 0.4) is 0 Å². The molecule has 2 aromatic heterocycles. The number of methoxy groups -OCH3 is 1. The highest BCUT2D eigenvalue weighted by Crippen LogP contribution is 2.26. The minimum Gasteiger partial charge on any atom is -0.382 e. The number of benzene rings is 1. The second-order valence-electron chi connectivity index (χ2n) is 7.09. The third kappa shape index (κ3) is 3.90. The Bertz CT molecular complexity index is 1100. The quantitative estimate of drug-likeness (QED) is 0.577. The Labute approximate surface area is 176 Å². The highest BCUT2D eigenvalue weighted by atomic mass is 35.5. The molecular weight excluding hydrogens is 416 g/mol. The van der Waals surface area contributed by atoms with Crippen molar-refractivity contribution in [2.45, 2.75) is 26.1 Å². The topological polar surface area (TPSA) is 73.1 Å². The summed E-state index contributed by atoms with van der Waals surface area (Å²) in [6.45, 7) is 2.53. The molecule has 3 aromatic rings. The van der Waals surface area contributed by atoms with Crippen LogP contribution in [0.5, 0.6) is 0 Å². The van der Waals surface area contributed by atoms with Crippen molar-refractivity contribution >= 4 is 17.5 Å². The summed E-state index contributed by atoms with van der Waals surface area (Å²) in [6, 6.07) is 2.87. The van der Waals surface area contributed by atoms with E-state index in [1.54, 1.807) is 17.0 Å². The van der Waals surface area contributed by atoms with Gasteiger partial charge in [-0.25, -0.2) is 23.7 Å². The number of aryl methyl sites for hydroxylation is 1. The first kappa shape index (κ1) is 20.4. The van der Waals surface area contributed by atoms with Crippen molar-refractivity contribution < 1.29 is 18.3 Å². The number of imidazole rings is 1. The molecule has 0 saturated heterocycles. The number of hydrogen-bond donors (Lipinski definition) is 0. The lowest BCUT2D eigenvalue weighted by molar-refractivity contribution is 0.0379. The Morgan fingerprint density at radius 2 is 1.97 bits per heavy atom. The fraction of sp³-hybridized carbons (Fsp3) is 0.300. The lowest BCUT2D eigenvalue weighted by Crippen LogP contribution is -2.49. The zero-order valence-electron chi connectivity index (χ0n) is 16.3. The number of nitrogens with zero attached hydrogens (tertiary/aromatic N) is 5. The van der Waals surface area contributed by atoms with Gasteiger partial charge in [-0.3, -0.25) is 4.79 Å². The fourth-order valence-electron chi connectivity index (χ4n) is 3.57. The zero-order chi connectivity index (χ0) is 21.4. The molecule has 3 heterocycles. The van der Waals surface area contributed by atoms with Crippen molar-refractivity contribution in [3.05, 3.63) is 64.5 Å². The van der Waals surface area contributed by atoms with Crippen molar-refractivity contribution in [2.75, 3.05) is 13.7 Å². The van der Waals surface area contributed by atoms with Crippen molar-refractivity contribution in [3.8, 4) is 11.4 Å². The van der Waals surface area contributed by atoms with E-state index in [-0.39, 0.29) is 36.2 Å². The predicted molar refractivity (Wildman–Crippen MR) is 105 cm³/mol. The minimum atomic E-state index is -0.697. The first-order valence-corrected chi connectivity index (χ1v) is 9.55. The van der Waals surface area contributed by atoms with Crippen LogP contribution in [0.15, 0.2) is 30.6 Å². The molecule has 0 saturated carbocycles. The number of halogens is 3. The maximum Gasteiger partial charge on any atom is 0.290 e. The van der Waals surface area contributed by atoms with Crippen LogP contribution in [0.25, 0.3) is 11.4 Å². The Kier molecular flexibility index (Phi) is 5.48. The normalized spacial score (nSPS) is 16.1. The van der Waals surface area contributed by atoms with Crippen LogP contribution in [-0.4, -0.2) is 50.1 Å². The summed E-state index contributed by atoms with van der Waals surface area (Å²) < 4.78 is 34.2. The summed E-state index contributed by atoms with van der Waals surface area (Å²) in [5.74, 6) is -1.55. The standard InChI is InChI=1S/C20H18ClF2N5O2/c1-11-6-24-20(21)26-17(11)16-9-27-8-15(10-30-2)28(19(29)18(27)25-16)7-12-3-13(22)5-14(23)4-12/h3-6,9,15H,7-8,10H2,1-2H3. The number of amides is 1. The summed E-state index contributed by atoms with van der Waals surface area (Å²) >= 11 is 5.92. The minimum absolute atomic E-state index is 0.0299. The van der Waals surface area contributed by atoms with Crippen LogP contribution in [-0.2, 0) is 17.8 Å². The molecule has 156 valence electrons. The Hall–Kier alpha value is -2.91. The molecule has 0 radical (unpaired) electrons. The van der Waals surface area contributed by atoms with Crippen LogP contribution in [0.4, 0.5) is 8.78 Å². The van der Waals surface area contributed by atoms with E-state index in [0.29, 0.717) is 23.5 Å². The maximum atomic E-state index is 13.6. The van der Waals surface area contributed by atoms with Crippen LogP contribution in [0.2, 0.25) is 5.28 Å². The second-order valence-corrected chi connectivity index (χ2v) is 7.43. The van der Waals surface area contributed by atoms with Crippen molar-refractivity contribution in [1.82, 2.24) is 24.4 Å². The molecule has 0 N–H and O–H groups in total. The molecule has 1 aromatic carbocycles. The number of rotatable bonds is 5. The lowest BCUT2D eigenvalue weighted by atomic mass is 10.1. The SMILES string of the molecule is COCC1Cn2cc(-c3nc(Cl)ncc3C)nc2C(=O)N1Cc1cc(F)cc(F)c1. The summed E-state index contributed by atoms with van der Waals surface area (Å²) in [7, 11) is 1.53. The molecule has 1 unspecified atom stereocenters. The molecule has 10 heteroatoms. The molecule has 30 heavy (non-hydrogen) atoms. The largest absolute Gasteiger partial charge is 0.382 e. The van der Waals surface area contributed by atoms with Crippen LogP contribution < -0.4 is 0 Å². The van der Waals surface area contributed by atoms with Gasteiger partial charge >= 0.3 is 0 Å². The molecule has 1 aliphatic heterocycles. The van der Waals surface area contributed by atoms with Crippen LogP contribution in [0, 0.1) is 18.6 Å². The Morgan fingerprint density at radius 1 is 1.23 bits per heavy atom. The van der Waals surface area contributed by atoms with Gasteiger partial charge in [-0.15, -0.1) is 0 Å². The van der Waals surface area contributed by atoms with Gasteiger partial charge in [0, 0.05) is 38.7 Å². The van der Waals surface area contributed by atoms with Crippen LogP contribution >= 0.6 is 11.6 Å². The molecule has 4 rings (SSSR count). The van der Waals surface area contributed by atoms with Crippen molar-refractivity contribution in [3.63, 3.8) is 0 Å². The molecule has 0 spiro atoms. The number of aromatic nitrogens is 4. The van der Waals surface area contributed by atoms with Gasteiger partial charge in [0.25, 0.3) is 5.91 Å². The van der Waals surface area contributed by atoms with E-state index in [9.17, 15) is 13.6 Å². The predicted octanol–water partition coefficient (Wildman–Crippen LogP) is 3.25. The smallest absolute Gasteiger partial charge is 0.290 e. The average molecular weight is 434 g/mol. The number of hydrogen-bond acceptors (Lipinski definition) is 5. The molecule has 1 aliphatic rings. The third-order valence-corrected chi connectivity index (χ3v) is 5.08. The van der Waals surface area contributed by atoms with E-state index in [2.05, 4.69) is 15.0 Å². The van der Waals surface area contributed by atoms with Gasteiger partial charge in [0.1, 0.15) is 17.3 Å². The van der Waals surface area contributed by atoms with Gasteiger partial charge in [0.05, 0.1) is 18.3 Å². The number of carbonyl (C=O) groups excluding carboxylic acids is 1. The Balaban J connectivity index is 1.70. The number of fused-ring (bicyclic) bond motifs is 1. The van der Waals surface area contributed by atoms with Crippen molar-refractivity contribution in [1.29, 1.82) is 0 Å².